The second-order valence-electron chi connectivity index (χ2n) is 6.10. The van der Waals surface area contributed by atoms with E-state index in [4.69, 9.17) is 5.11 Å². The van der Waals surface area contributed by atoms with Crippen molar-refractivity contribution in [3.63, 3.8) is 0 Å². The minimum Gasteiger partial charge on any atom is -0.481 e. The number of rotatable bonds is 5. The van der Waals surface area contributed by atoms with E-state index < -0.39 is 5.97 Å². The van der Waals surface area contributed by atoms with Crippen LogP contribution in [-0.4, -0.2) is 42.2 Å². The Hall–Kier alpha value is -2.11. The average molecular weight is 365 g/mol. The summed E-state index contributed by atoms with van der Waals surface area (Å²) in [7, 11) is 0. The summed E-state index contributed by atoms with van der Waals surface area (Å²) in [4.78, 5) is 15.1. The summed E-state index contributed by atoms with van der Waals surface area (Å²) in [5.74, 6) is -0.980. The van der Waals surface area contributed by atoms with Gasteiger partial charge in [-0.3, -0.25) is 9.69 Å². The van der Waals surface area contributed by atoms with Crippen LogP contribution in [0, 0.1) is 5.82 Å². The lowest BCUT2D eigenvalue weighted by Crippen LogP contribution is -2.46. The average Bonchev–Trinajstić information content (AvgIpc) is 2.58. The van der Waals surface area contributed by atoms with Crippen molar-refractivity contribution in [1.82, 2.24) is 4.90 Å². The molecular formula is C19H22ClFN2O2. The lowest BCUT2D eigenvalue weighted by molar-refractivity contribution is -0.136. The van der Waals surface area contributed by atoms with Gasteiger partial charge in [-0.25, -0.2) is 4.39 Å². The van der Waals surface area contributed by atoms with Crippen LogP contribution in [0.5, 0.6) is 0 Å². The largest absolute Gasteiger partial charge is 0.481 e. The molecule has 134 valence electrons. The third kappa shape index (κ3) is 5.18. The van der Waals surface area contributed by atoms with Crippen molar-refractivity contribution in [3.05, 3.63) is 65.5 Å². The Bertz CT molecular complexity index is 701. The van der Waals surface area contributed by atoms with E-state index in [0.29, 0.717) is 5.69 Å². The number of nitrogens with zero attached hydrogens (tertiary/aromatic N) is 2. The van der Waals surface area contributed by atoms with Crippen molar-refractivity contribution in [1.29, 1.82) is 0 Å². The highest BCUT2D eigenvalue weighted by Gasteiger charge is 2.19. The van der Waals surface area contributed by atoms with Gasteiger partial charge in [0, 0.05) is 32.7 Å². The predicted octanol–water partition coefficient (Wildman–Crippen LogP) is 3.20. The molecule has 0 unspecified atom stereocenters. The number of anilines is 1. The number of para-hydroxylation sites is 1. The van der Waals surface area contributed by atoms with Gasteiger partial charge in [-0.2, -0.15) is 0 Å². The monoisotopic (exact) mass is 364 g/mol. The molecule has 0 spiro atoms. The second-order valence-corrected chi connectivity index (χ2v) is 6.10. The zero-order valence-electron chi connectivity index (χ0n) is 13.9. The number of hydrogen-bond donors (Lipinski definition) is 1. The minimum absolute atomic E-state index is 0. The lowest BCUT2D eigenvalue weighted by Gasteiger charge is -2.36. The number of piperazine rings is 1. The number of halogens is 2. The summed E-state index contributed by atoms with van der Waals surface area (Å²) in [6.07, 6.45) is 0.0571. The maximum atomic E-state index is 13.8. The Morgan fingerprint density at radius 3 is 2.16 bits per heavy atom. The molecule has 0 bridgehead atoms. The molecule has 2 aromatic carbocycles. The van der Waals surface area contributed by atoms with Crippen molar-refractivity contribution in [2.24, 2.45) is 0 Å². The van der Waals surface area contributed by atoms with Gasteiger partial charge in [0.25, 0.3) is 0 Å². The van der Waals surface area contributed by atoms with Gasteiger partial charge in [0.05, 0.1) is 12.1 Å². The third-order valence-electron chi connectivity index (χ3n) is 4.35. The SMILES string of the molecule is Cl.O=C(O)Cc1ccc(CN2CCN(c3ccccc3F)CC2)cc1. The Labute approximate surface area is 153 Å². The number of benzene rings is 2. The van der Waals surface area contributed by atoms with E-state index in [9.17, 15) is 9.18 Å². The molecule has 2 aromatic rings. The molecule has 25 heavy (non-hydrogen) atoms. The van der Waals surface area contributed by atoms with Crippen molar-refractivity contribution in [2.45, 2.75) is 13.0 Å². The van der Waals surface area contributed by atoms with Gasteiger partial charge in [-0.1, -0.05) is 36.4 Å². The smallest absolute Gasteiger partial charge is 0.307 e. The summed E-state index contributed by atoms with van der Waals surface area (Å²) in [6.45, 7) is 4.20. The highest BCUT2D eigenvalue weighted by atomic mass is 35.5. The summed E-state index contributed by atoms with van der Waals surface area (Å²) in [5, 5.41) is 8.80. The molecule has 0 aromatic heterocycles. The highest BCUT2D eigenvalue weighted by molar-refractivity contribution is 5.85. The van der Waals surface area contributed by atoms with Crippen LogP contribution in [0.2, 0.25) is 0 Å². The Balaban J connectivity index is 0.00000225. The normalized spacial score (nSPS) is 14.8. The standard InChI is InChI=1S/C19H21FN2O2.ClH/c20-17-3-1-2-4-18(17)22-11-9-21(10-12-22)14-16-7-5-15(6-8-16)13-19(23)24;/h1-8H,9-14H2,(H,23,24);1H. The Morgan fingerprint density at radius 2 is 1.56 bits per heavy atom. The van der Waals surface area contributed by atoms with E-state index in [1.165, 1.54) is 11.6 Å². The van der Waals surface area contributed by atoms with Crippen LogP contribution in [0.4, 0.5) is 10.1 Å². The van der Waals surface area contributed by atoms with E-state index in [0.717, 1.165) is 38.3 Å². The molecule has 0 saturated carbocycles. The molecular weight excluding hydrogens is 343 g/mol. The number of aliphatic carboxylic acids is 1. The molecule has 4 nitrogen and oxygen atoms in total. The lowest BCUT2D eigenvalue weighted by atomic mass is 10.1. The number of carboxylic acids is 1. The zero-order chi connectivity index (χ0) is 16.9. The first-order chi connectivity index (χ1) is 11.6. The van der Waals surface area contributed by atoms with E-state index in [2.05, 4.69) is 9.80 Å². The fraction of sp³-hybridized carbons (Fsp3) is 0.316. The minimum atomic E-state index is -0.813. The maximum Gasteiger partial charge on any atom is 0.307 e. The fourth-order valence-electron chi connectivity index (χ4n) is 3.05. The highest BCUT2D eigenvalue weighted by Crippen LogP contribution is 2.20. The van der Waals surface area contributed by atoms with Gasteiger partial charge >= 0.3 is 5.97 Å². The first kappa shape index (κ1) is 19.2. The molecule has 1 saturated heterocycles. The molecule has 0 atom stereocenters. The number of hydrogen-bond acceptors (Lipinski definition) is 3. The molecule has 1 aliphatic rings. The first-order valence-corrected chi connectivity index (χ1v) is 8.13. The van der Waals surface area contributed by atoms with Crippen LogP contribution in [0.3, 0.4) is 0 Å². The van der Waals surface area contributed by atoms with E-state index in [1.807, 2.05) is 36.4 Å². The van der Waals surface area contributed by atoms with Crippen LogP contribution < -0.4 is 4.90 Å². The van der Waals surface area contributed by atoms with Crippen molar-refractivity contribution < 1.29 is 14.3 Å². The van der Waals surface area contributed by atoms with Crippen LogP contribution in [0.15, 0.2) is 48.5 Å². The van der Waals surface area contributed by atoms with Crippen LogP contribution in [0.25, 0.3) is 0 Å². The summed E-state index contributed by atoms with van der Waals surface area (Å²) in [6, 6.07) is 14.6. The molecule has 1 N–H and O–H groups in total. The van der Waals surface area contributed by atoms with Gasteiger partial charge in [0.2, 0.25) is 0 Å². The van der Waals surface area contributed by atoms with Crippen LogP contribution in [0.1, 0.15) is 11.1 Å². The summed E-state index contributed by atoms with van der Waals surface area (Å²) >= 11 is 0. The van der Waals surface area contributed by atoms with Crippen molar-refractivity contribution >= 4 is 24.1 Å². The molecule has 3 rings (SSSR count). The predicted molar refractivity (Wildman–Crippen MR) is 98.9 cm³/mol. The number of carboxylic acid groups (broad SMARTS) is 1. The maximum absolute atomic E-state index is 13.8. The Kier molecular flexibility index (Phi) is 6.79. The zero-order valence-corrected chi connectivity index (χ0v) is 14.7. The molecule has 6 heteroatoms. The van der Waals surface area contributed by atoms with Gasteiger partial charge in [0.1, 0.15) is 5.82 Å². The van der Waals surface area contributed by atoms with Crippen molar-refractivity contribution in [3.8, 4) is 0 Å². The molecule has 1 heterocycles. The molecule has 1 fully saturated rings. The van der Waals surface area contributed by atoms with Crippen LogP contribution >= 0.6 is 12.4 Å². The van der Waals surface area contributed by atoms with Gasteiger partial charge < -0.3 is 10.0 Å². The molecule has 1 aliphatic heterocycles. The topological polar surface area (TPSA) is 43.8 Å². The van der Waals surface area contributed by atoms with Gasteiger partial charge in [0.15, 0.2) is 0 Å². The third-order valence-corrected chi connectivity index (χ3v) is 4.35. The second kappa shape index (κ2) is 8.83. The number of carbonyl (C=O) groups is 1. The fourth-order valence-corrected chi connectivity index (χ4v) is 3.05. The molecule has 0 radical (unpaired) electrons. The quantitative estimate of drug-likeness (QED) is 0.884. The Morgan fingerprint density at radius 1 is 0.960 bits per heavy atom. The van der Waals surface area contributed by atoms with E-state index in [1.54, 1.807) is 6.07 Å². The van der Waals surface area contributed by atoms with Gasteiger partial charge in [-0.15, -0.1) is 12.4 Å². The van der Waals surface area contributed by atoms with E-state index in [-0.39, 0.29) is 24.6 Å². The van der Waals surface area contributed by atoms with E-state index >= 15 is 0 Å². The summed E-state index contributed by atoms with van der Waals surface area (Å²) < 4.78 is 13.8. The molecule has 0 aliphatic carbocycles. The van der Waals surface area contributed by atoms with Crippen molar-refractivity contribution in [2.75, 3.05) is 31.1 Å². The first-order valence-electron chi connectivity index (χ1n) is 8.13. The van der Waals surface area contributed by atoms with Crippen LogP contribution in [-0.2, 0) is 17.8 Å². The molecule has 0 amide bonds. The van der Waals surface area contributed by atoms with Gasteiger partial charge in [-0.05, 0) is 23.3 Å². The summed E-state index contributed by atoms with van der Waals surface area (Å²) in [5.41, 5.74) is 2.66.